The fourth-order valence-corrected chi connectivity index (χ4v) is 4.09. The van der Waals surface area contributed by atoms with Gasteiger partial charge in [-0.05, 0) is 32.4 Å². The fourth-order valence-electron chi connectivity index (χ4n) is 3.17. The van der Waals surface area contributed by atoms with E-state index in [2.05, 4.69) is 15.5 Å². The maximum atomic E-state index is 12.5. The van der Waals surface area contributed by atoms with E-state index in [1.165, 1.54) is 30.0 Å². The Hall–Kier alpha value is -3.53. The molecule has 0 aliphatic rings. The Bertz CT molecular complexity index is 1170. The Morgan fingerprint density at radius 3 is 2.62 bits per heavy atom. The van der Waals surface area contributed by atoms with Crippen LogP contribution in [0, 0.1) is 24.0 Å². The number of non-ortho nitro benzene ring substituents is 1. The van der Waals surface area contributed by atoms with Gasteiger partial charge in [0.1, 0.15) is 5.82 Å². The van der Waals surface area contributed by atoms with E-state index in [4.69, 9.17) is 0 Å². The van der Waals surface area contributed by atoms with Crippen LogP contribution in [0.25, 0.3) is 0 Å². The molecule has 3 rings (SSSR count). The molecule has 0 unspecified atom stereocenters. The monoisotopic (exact) mass is 453 g/mol. The Morgan fingerprint density at radius 1 is 1.16 bits per heavy atom. The fraction of sp³-hybridized carbons (Fsp3) is 0.273. The number of rotatable bonds is 9. The summed E-state index contributed by atoms with van der Waals surface area (Å²) in [7, 11) is 0. The van der Waals surface area contributed by atoms with Crippen LogP contribution in [0.15, 0.2) is 47.6 Å². The standard InChI is InChI=1S/C22H23N5O4S/c1-4-26-20(12-21(29)23-18-9-8-14(2)10-15(18)3)24-25-22(26)32-13-19(28)16-6-5-7-17(11-16)27(30)31/h5-11H,4,12-13H2,1-3H3,(H,23,29). The number of ketones is 1. The summed E-state index contributed by atoms with van der Waals surface area (Å²) in [6.07, 6.45) is 0.0491. The lowest BCUT2D eigenvalue weighted by Gasteiger charge is -2.10. The third kappa shape index (κ3) is 5.58. The van der Waals surface area contributed by atoms with Crippen LogP contribution in [-0.2, 0) is 17.8 Å². The minimum Gasteiger partial charge on any atom is -0.325 e. The molecule has 0 saturated heterocycles. The maximum absolute atomic E-state index is 12.5. The minimum absolute atomic E-state index is 0.0491. The number of carbonyl (C=O) groups is 2. The maximum Gasteiger partial charge on any atom is 0.270 e. The van der Waals surface area contributed by atoms with Gasteiger partial charge in [-0.15, -0.1) is 10.2 Å². The van der Waals surface area contributed by atoms with E-state index in [-0.39, 0.29) is 35.1 Å². The number of amides is 1. The number of thioether (sulfide) groups is 1. The topological polar surface area (TPSA) is 120 Å². The van der Waals surface area contributed by atoms with Gasteiger partial charge in [-0.1, -0.05) is 41.6 Å². The largest absolute Gasteiger partial charge is 0.325 e. The molecule has 9 nitrogen and oxygen atoms in total. The zero-order chi connectivity index (χ0) is 23.3. The number of hydrogen-bond donors (Lipinski definition) is 1. The second-order valence-corrected chi connectivity index (χ2v) is 8.15. The van der Waals surface area contributed by atoms with E-state index in [0.717, 1.165) is 16.8 Å². The van der Waals surface area contributed by atoms with Crippen LogP contribution in [0.5, 0.6) is 0 Å². The zero-order valence-corrected chi connectivity index (χ0v) is 18.8. The highest BCUT2D eigenvalue weighted by Gasteiger charge is 2.18. The van der Waals surface area contributed by atoms with Crippen LogP contribution < -0.4 is 5.32 Å². The van der Waals surface area contributed by atoms with Gasteiger partial charge in [0.25, 0.3) is 5.69 Å². The summed E-state index contributed by atoms with van der Waals surface area (Å²) in [6.45, 7) is 6.36. The van der Waals surface area contributed by atoms with E-state index in [9.17, 15) is 19.7 Å². The number of aryl methyl sites for hydroxylation is 2. The summed E-state index contributed by atoms with van der Waals surface area (Å²) in [6, 6.07) is 11.4. The lowest BCUT2D eigenvalue weighted by Crippen LogP contribution is -2.18. The molecule has 1 aromatic heterocycles. The summed E-state index contributed by atoms with van der Waals surface area (Å²) in [5.41, 5.74) is 2.98. The van der Waals surface area contributed by atoms with Gasteiger partial charge in [-0.2, -0.15) is 0 Å². The first-order chi connectivity index (χ1) is 15.3. The van der Waals surface area contributed by atoms with Crippen molar-refractivity contribution in [2.45, 2.75) is 38.9 Å². The van der Waals surface area contributed by atoms with E-state index in [0.29, 0.717) is 17.5 Å². The van der Waals surface area contributed by atoms with Gasteiger partial charge in [-0.3, -0.25) is 19.7 Å². The molecule has 0 bridgehead atoms. The van der Waals surface area contributed by atoms with Gasteiger partial charge in [0.15, 0.2) is 10.9 Å². The second kappa shape index (κ2) is 10.2. The van der Waals surface area contributed by atoms with Crippen molar-refractivity contribution < 1.29 is 14.5 Å². The lowest BCUT2D eigenvalue weighted by molar-refractivity contribution is -0.384. The van der Waals surface area contributed by atoms with Gasteiger partial charge >= 0.3 is 0 Å². The molecular weight excluding hydrogens is 430 g/mol. The number of nitrogens with one attached hydrogen (secondary N) is 1. The van der Waals surface area contributed by atoms with Crippen molar-refractivity contribution in [1.82, 2.24) is 14.8 Å². The predicted molar refractivity (Wildman–Crippen MR) is 122 cm³/mol. The van der Waals surface area contributed by atoms with Crippen LogP contribution in [-0.4, -0.2) is 37.1 Å². The molecule has 0 spiro atoms. The van der Waals surface area contributed by atoms with Crippen molar-refractivity contribution in [3.8, 4) is 0 Å². The van der Waals surface area contributed by atoms with Crippen molar-refractivity contribution in [1.29, 1.82) is 0 Å². The molecule has 1 amide bonds. The molecule has 32 heavy (non-hydrogen) atoms. The lowest BCUT2D eigenvalue weighted by atomic mass is 10.1. The van der Waals surface area contributed by atoms with Crippen LogP contribution in [0.3, 0.4) is 0 Å². The average Bonchev–Trinajstić information content (AvgIpc) is 3.15. The molecule has 0 aliphatic carbocycles. The smallest absolute Gasteiger partial charge is 0.270 e. The number of Topliss-reactive ketones (excluding diaryl/α,β-unsaturated/α-hetero) is 1. The zero-order valence-electron chi connectivity index (χ0n) is 18.0. The average molecular weight is 454 g/mol. The molecule has 10 heteroatoms. The van der Waals surface area contributed by atoms with E-state index in [1.54, 1.807) is 10.6 Å². The third-order valence-corrected chi connectivity index (χ3v) is 5.76. The number of anilines is 1. The quantitative estimate of drug-likeness (QED) is 0.225. The van der Waals surface area contributed by atoms with Crippen LogP contribution in [0.1, 0.15) is 34.2 Å². The van der Waals surface area contributed by atoms with Gasteiger partial charge < -0.3 is 9.88 Å². The van der Waals surface area contributed by atoms with Crippen molar-refractivity contribution in [3.63, 3.8) is 0 Å². The summed E-state index contributed by atoms with van der Waals surface area (Å²) < 4.78 is 1.78. The molecular formula is C22H23N5O4S. The van der Waals surface area contributed by atoms with Crippen LogP contribution in [0.4, 0.5) is 11.4 Å². The summed E-state index contributed by atoms with van der Waals surface area (Å²) in [4.78, 5) is 35.4. The first kappa shape index (κ1) is 23.1. The molecule has 0 atom stereocenters. The number of nitro benzene ring substituents is 1. The van der Waals surface area contributed by atoms with Crippen molar-refractivity contribution >= 4 is 34.8 Å². The number of hydrogen-bond acceptors (Lipinski definition) is 7. The normalized spacial score (nSPS) is 10.7. The minimum atomic E-state index is -0.535. The molecule has 1 heterocycles. The molecule has 0 fully saturated rings. The first-order valence-corrected chi connectivity index (χ1v) is 11.0. The molecule has 0 aliphatic heterocycles. The number of nitro groups is 1. The number of nitrogens with zero attached hydrogens (tertiary/aromatic N) is 4. The summed E-state index contributed by atoms with van der Waals surface area (Å²) >= 11 is 1.18. The highest BCUT2D eigenvalue weighted by Crippen LogP contribution is 2.21. The van der Waals surface area contributed by atoms with E-state index < -0.39 is 4.92 Å². The Balaban J connectivity index is 1.65. The number of benzene rings is 2. The van der Waals surface area contributed by atoms with Crippen LogP contribution in [0.2, 0.25) is 0 Å². The Kier molecular flexibility index (Phi) is 7.37. The number of aromatic nitrogens is 3. The molecule has 166 valence electrons. The summed E-state index contributed by atoms with van der Waals surface area (Å²) in [5.74, 6) is 0.0930. The van der Waals surface area contributed by atoms with Crippen molar-refractivity contribution in [3.05, 3.63) is 75.1 Å². The second-order valence-electron chi connectivity index (χ2n) is 7.21. The SMILES string of the molecule is CCn1c(CC(=O)Nc2ccc(C)cc2C)nnc1SCC(=O)c1cccc([N+](=O)[O-])c1. The molecule has 0 saturated carbocycles. The summed E-state index contributed by atoms with van der Waals surface area (Å²) in [5, 5.41) is 22.6. The van der Waals surface area contributed by atoms with Gasteiger partial charge in [0.2, 0.25) is 5.91 Å². The molecule has 2 aromatic carbocycles. The van der Waals surface area contributed by atoms with Gasteiger partial charge in [-0.25, -0.2) is 0 Å². The first-order valence-electron chi connectivity index (χ1n) is 9.98. The molecule has 1 N–H and O–H groups in total. The highest BCUT2D eigenvalue weighted by molar-refractivity contribution is 7.99. The van der Waals surface area contributed by atoms with E-state index >= 15 is 0 Å². The number of carbonyl (C=O) groups excluding carboxylic acids is 2. The predicted octanol–water partition coefficient (Wildman–Crippen LogP) is 3.98. The molecule has 0 radical (unpaired) electrons. The van der Waals surface area contributed by atoms with Crippen molar-refractivity contribution in [2.24, 2.45) is 0 Å². The third-order valence-electron chi connectivity index (χ3n) is 4.80. The Morgan fingerprint density at radius 2 is 1.94 bits per heavy atom. The Labute approximate surface area is 189 Å². The van der Waals surface area contributed by atoms with Crippen molar-refractivity contribution in [2.75, 3.05) is 11.1 Å². The van der Waals surface area contributed by atoms with Gasteiger partial charge in [0, 0.05) is 29.9 Å². The molecule has 3 aromatic rings. The van der Waals surface area contributed by atoms with Crippen LogP contribution >= 0.6 is 11.8 Å². The highest BCUT2D eigenvalue weighted by atomic mass is 32.2. The van der Waals surface area contributed by atoms with Gasteiger partial charge in [0.05, 0.1) is 17.1 Å². The van der Waals surface area contributed by atoms with E-state index in [1.807, 2.05) is 39.0 Å².